The molecule has 1 fully saturated rings. The molecule has 0 radical (unpaired) electrons. The van der Waals surface area contributed by atoms with E-state index in [9.17, 15) is 15.0 Å². The van der Waals surface area contributed by atoms with Gasteiger partial charge in [0.05, 0.1) is 12.9 Å². The van der Waals surface area contributed by atoms with E-state index >= 15 is 0 Å². The number of imidazole rings is 1. The standard InChI is InChI=1S/C9H14N4O5/c10-7-4(8(11)17)12-2-13(7)9-6(16)5(15)3(1-14)18-9/h2-3,5-6,9,14-16H,1,10H2,(H2,11,17)/t3-,5-,6-,9-/m0/s1. The zero-order valence-corrected chi connectivity index (χ0v) is 9.30. The van der Waals surface area contributed by atoms with Gasteiger partial charge in [0.1, 0.15) is 24.1 Å². The van der Waals surface area contributed by atoms with Crippen molar-refractivity contribution in [2.24, 2.45) is 5.73 Å². The summed E-state index contributed by atoms with van der Waals surface area (Å²) in [5, 5.41) is 28.3. The second kappa shape index (κ2) is 4.53. The van der Waals surface area contributed by atoms with Gasteiger partial charge in [-0.05, 0) is 0 Å². The van der Waals surface area contributed by atoms with Crippen LogP contribution in [0, 0.1) is 0 Å². The van der Waals surface area contributed by atoms with Gasteiger partial charge in [-0.2, -0.15) is 0 Å². The molecule has 18 heavy (non-hydrogen) atoms. The molecule has 0 unspecified atom stereocenters. The molecule has 1 aliphatic rings. The highest BCUT2D eigenvalue weighted by atomic mass is 16.6. The molecule has 2 rings (SSSR count). The van der Waals surface area contributed by atoms with Crippen molar-refractivity contribution in [3.8, 4) is 0 Å². The molecule has 1 aromatic heterocycles. The van der Waals surface area contributed by atoms with Crippen LogP contribution in [0.15, 0.2) is 6.33 Å². The fourth-order valence-electron chi connectivity index (χ4n) is 1.87. The molecule has 4 atom stereocenters. The van der Waals surface area contributed by atoms with Gasteiger partial charge in [0, 0.05) is 0 Å². The Kier molecular flexibility index (Phi) is 3.22. The number of aliphatic hydroxyl groups is 3. The molecule has 0 aliphatic carbocycles. The molecule has 1 saturated heterocycles. The number of amides is 1. The van der Waals surface area contributed by atoms with Crippen LogP contribution < -0.4 is 11.5 Å². The van der Waals surface area contributed by atoms with Crippen LogP contribution in [0.2, 0.25) is 0 Å². The third-order valence-corrected chi connectivity index (χ3v) is 2.86. The first-order chi connectivity index (χ1) is 8.47. The van der Waals surface area contributed by atoms with Gasteiger partial charge in [-0.3, -0.25) is 9.36 Å². The minimum Gasteiger partial charge on any atom is -0.394 e. The lowest BCUT2D eigenvalue weighted by molar-refractivity contribution is -0.0518. The minimum atomic E-state index is -1.29. The summed E-state index contributed by atoms with van der Waals surface area (Å²) in [5.41, 5.74) is 10.6. The summed E-state index contributed by atoms with van der Waals surface area (Å²) < 4.78 is 6.42. The highest BCUT2D eigenvalue weighted by molar-refractivity contribution is 5.95. The zero-order valence-electron chi connectivity index (χ0n) is 9.30. The van der Waals surface area contributed by atoms with Crippen LogP contribution in [0.5, 0.6) is 0 Å². The fourth-order valence-corrected chi connectivity index (χ4v) is 1.87. The van der Waals surface area contributed by atoms with Crippen LogP contribution in [-0.4, -0.2) is 55.7 Å². The summed E-state index contributed by atoms with van der Waals surface area (Å²) in [6.07, 6.45) is -3.32. The number of nitrogens with two attached hydrogens (primary N) is 2. The molecule has 0 bridgehead atoms. The number of aliphatic hydroxyl groups excluding tert-OH is 3. The third kappa shape index (κ3) is 1.82. The Labute approximate surface area is 102 Å². The summed E-state index contributed by atoms with van der Waals surface area (Å²) in [7, 11) is 0. The molecule has 1 amide bonds. The number of nitrogen functional groups attached to an aromatic ring is 1. The molecule has 0 aromatic carbocycles. The molecular weight excluding hydrogens is 244 g/mol. The largest absolute Gasteiger partial charge is 0.394 e. The van der Waals surface area contributed by atoms with E-state index in [1.807, 2.05) is 0 Å². The van der Waals surface area contributed by atoms with Crippen molar-refractivity contribution >= 4 is 11.7 Å². The lowest BCUT2D eigenvalue weighted by Crippen LogP contribution is -2.33. The van der Waals surface area contributed by atoms with E-state index in [0.717, 1.165) is 0 Å². The molecule has 2 heterocycles. The van der Waals surface area contributed by atoms with Gasteiger partial charge in [-0.1, -0.05) is 0 Å². The fraction of sp³-hybridized carbons (Fsp3) is 0.556. The van der Waals surface area contributed by atoms with Gasteiger partial charge in [0.25, 0.3) is 5.91 Å². The van der Waals surface area contributed by atoms with Gasteiger partial charge in [-0.15, -0.1) is 0 Å². The van der Waals surface area contributed by atoms with Gasteiger partial charge in [-0.25, -0.2) is 4.98 Å². The Balaban J connectivity index is 2.30. The highest BCUT2D eigenvalue weighted by Crippen LogP contribution is 2.31. The molecule has 0 spiro atoms. The van der Waals surface area contributed by atoms with Gasteiger partial charge in [0.2, 0.25) is 0 Å². The Hall–Kier alpha value is -1.68. The van der Waals surface area contributed by atoms with Crippen LogP contribution >= 0.6 is 0 Å². The lowest BCUT2D eigenvalue weighted by Gasteiger charge is -2.17. The van der Waals surface area contributed by atoms with E-state index in [1.54, 1.807) is 0 Å². The predicted octanol–water partition coefficient (Wildman–Crippen LogP) is -2.82. The molecule has 1 aromatic rings. The molecule has 9 heteroatoms. The number of aromatic nitrogens is 2. The molecule has 7 N–H and O–H groups in total. The topological polar surface area (TPSA) is 157 Å². The molecule has 100 valence electrons. The number of primary amides is 1. The third-order valence-electron chi connectivity index (χ3n) is 2.86. The lowest BCUT2D eigenvalue weighted by atomic mass is 10.1. The number of rotatable bonds is 3. The molecule has 9 nitrogen and oxygen atoms in total. The van der Waals surface area contributed by atoms with Gasteiger partial charge in [0.15, 0.2) is 11.9 Å². The number of nitrogens with zero attached hydrogens (tertiary/aromatic N) is 2. The van der Waals surface area contributed by atoms with Crippen LogP contribution in [-0.2, 0) is 4.74 Å². The maximum absolute atomic E-state index is 11.0. The van der Waals surface area contributed by atoms with Crippen LogP contribution in [0.1, 0.15) is 16.7 Å². The second-order valence-corrected chi connectivity index (χ2v) is 3.98. The summed E-state index contributed by atoms with van der Waals surface area (Å²) in [6.45, 7) is -0.452. The summed E-state index contributed by atoms with van der Waals surface area (Å²) in [5.74, 6) is -0.879. The Morgan fingerprint density at radius 2 is 2.17 bits per heavy atom. The number of ether oxygens (including phenoxy) is 1. The van der Waals surface area contributed by atoms with E-state index in [4.69, 9.17) is 21.3 Å². The first kappa shape index (κ1) is 12.8. The van der Waals surface area contributed by atoms with Gasteiger partial charge < -0.3 is 31.5 Å². The molecule has 0 saturated carbocycles. The second-order valence-electron chi connectivity index (χ2n) is 3.98. The maximum atomic E-state index is 11.0. The summed E-state index contributed by atoms with van der Waals surface area (Å²) in [4.78, 5) is 14.7. The number of carbonyl (C=O) groups is 1. The van der Waals surface area contributed by atoms with E-state index in [1.165, 1.54) is 10.9 Å². The first-order valence-corrected chi connectivity index (χ1v) is 5.22. The zero-order chi connectivity index (χ0) is 13.4. The van der Waals surface area contributed by atoms with Crippen LogP contribution in [0.25, 0.3) is 0 Å². The van der Waals surface area contributed by atoms with Crippen LogP contribution in [0.3, 0.4) is 0 Å². The Morgan fingerprint density at radius 3 is 2.61 bits per heavy atom. The predicted molar refractivity (Wildman–Crippen MR) is 58.2 cm³/mol. The van der Waals surface area contributed by atoms with Crippen molar-refractivity contribution in [3.05, 3.63) is 12.0 Å². The monoisotopic (exact) mass is 258 g/mol. The average Bonchev–Trinajstić information content (AvgIpc) is 2.82. The number of hydrogen-bond acceptors (Lipinski definition) is 7. The summed E-state index contributed by atoms with van der Waals surface area (Å²) >= 11 is 0. The minimum absolute atomic E-state index is 0.0719. The van der Waals surface area contributed by atoms with E-state index in [0.29, 0.717) is 0 Å². The Morgan fingerprint density at radius 1 is 1.50 bits per heavy atom. The normalized spacial score (nSPS) is 31.7. The summed E-state index contributed by atoms with van der Waals surface area (Å²) in [6, 6.07) is 0. The van der Waals surface area contributed by atoms with Crippen molar-refractivity contribution in [2.75, 3.05) is 12.3 Å². The van der Waals surface area contributed by atoms with Crippen molar-refractivity contribution in [2.45, 2.75) is 24.5 Å². The average molecular weight is 258 g/mol. The van der Waals surface area contributed by atoms with Crippen molar-refractivity contribution in [1.82, 2.24) is 9.55 Å². The maximum Gasteiger partial charge on any atom is 0.271 e. The van der Waals surface area contributed by atoms with Crippen molar-refractivity contribution < 1.29 is 24.9 Å². The van der Waals surface area contributed by atoms with Gasteiger partial charge >= 0.3 is 0 Å². The van der Waals surface area contributed by atoms with E-state index in [-0.39, 0.29) is 11.5 Å². The quantitative estimate of drug-likeness (QED) is 0.391. The number of anilines is 1. The first-order valence-electron chi connectivity index (χ1n) is 5.22. The number of carbonyl (C=O) groups excluding carboxylic acids is 1. The van der Waals surface area contributed by atoms with Crippen molar-refractivity contribution in [1.29, 1.82) is 0 Å². The smallest absolute Gasteiger partial charge is 0.271 e. The molecule has 1 aliphatic heterocycles. The van der Waals surface area contributed by atoms with E-state index < -0.39 is 37.1 Å². The van der Waals surface area contributed by atoms with E-state index in [2.05, 4.69) is 4.98 Å². The number of hydrogen-bond donors (Lipinski definition) is 5. The van der Waals surface area contributed by atoms with Crippen molar-refractivity contribution in [3.63, 3.8) is 0 Å². The SMILES string of the molecule is NC(=O)c1ncn([C@H]2O[C@@H](CO)[C@H](O)[C@@H]2O)c1N. The van der Waals surface area contributed by atoms with Crippen LogP contribution in [0.4, 0.5) is 5.82 Å². The highest BCUT2D eigenvalue weighted by Gasteiger charge is 2.44. The molecular formula is C9H14N4O5. The Bertz CT molecular complexity index is 462.